The number of rotatable bonds is 3. The van der Waals surface area contributed by atoms with Crippen LogP contribution in [-0.2, 0) is 19.1 Å². The van der Waals surface area contributed by atoms with Gasteiger partial charge in [-0.2, -0.15) is 0 Å². The normalized spacial score (nSPS) is 26.3. The van der Waals surface area contributed by atoms with Gasteiger partial charge in [-0.3, -0.25) is 9.59 Å². The molecule has 1 aromatic rings. The minimum absolute atomic E-state index is 0.0203. The van der Waals surface area contributed by atoms with Crippen LogP contribution in [0.5, 0.6) is 0 Å². The molecule has 0 bridgehead atoms. The first-order chi connectivity index (χ1) is 12.3. The maximum absolute atomic E-state index is 13.3. The van der Waals surface area contributed by atoms with Crippen LogP contribution in [0.4, 0.5) is 0 Å². The third-order valence-corrected chi connectivity index (χ3v) is 4.94. The summed E-state index contributed by atoms with van der Waals surface area (Å²) in [6.45, 7) is 9.40. The van der Waals surface area contributed by atoms with Crippen LogP contribution >= 0.6 is 0 Å². The molecule has 0 N–H and O–H groups in total. The van der Waals surface area contributed by atoms with E-state index in [1.165, 1.54) is 0 Å². The van der Waals surface area contributed by atoms with E-state index in [-0.39, 0.29) is 30.1 Å². The molecule has 1 aromatic carbocycles. The lowest BCUT2D eigenvalue weighted by Crippen LogP contribution is -2.59. The van der Waals surface area contributed by atoms with Crippen LogP contribution < -0.4 is 0 Å². The molecule has 0 spiro atoms. The second-order valence-electron chi connectivity index (χ2n) is 7.85. The lowest BCUT2D eigenvalue weighted by atomic mass is 9.95. The number of carbonyl (C=O) groups excluding carboxylic acids is 2. The number of amides is 2. The molecule has 2 heterocycles. The summed E-state index contributed by atoms with van der Waals surface area (Å²) in [6, 6.07) is 9.23. The maximum atomic E-state index is 13.3. The third-order valence-electron chi connectivity index (χ3n) is 4.94. The second kappa shape index (κ2) is 7.37. The molecule has 2 aliphatic heterocycles. The standard InChI is InChI=1S/C20H28N2O4/c1-14(2)22-16(23)12-25-18(17(22)15-8-6-5-7-9-15)19(24)21-10-11-26-20(3,4)13-21/h5-9,14,17-18H,10-13H2,1-4H3/t17-,18+/m1/s1. The van der Waals surface area contributed by atoms with Crippen molar-refractivity contribution in [2.45, 2.75) is 51.5 Å². The Kier molecular flexibility index (Phi) is 5.34. The molecule has 6 nitrogen and oxygen atoms in total. The molecule has 2 amide bonds. The minimum Gasteiger partial charge on any atom is -0.372 e. The Morgan fingerprint density at radius 3 is 2.54 bits per heavy atom. The molecule has 6 heteroatoms. The van der Waals surface area contributed by atoms with Gasteiger partial charge in [-0.25, -0.2) is 0 Å². The van der Waals surface area contributed by atoms with E-state index in [2.05, 4.69) is 0 Å². The van der Waals surface area contributed by atoms with E-state index in [0.29, 0.717) is 19.7 Å². The van der Waals surface area contributed by atoms with E-state index in [9.17, 15) is 9.59 Å². The third kappa shape index (κ3) is 3.76. The van der Waals surface area contributed by atoms with Crippen LogP contribution in [0.2, 0.25) is 0 Å². The molecule has 2 fully saturated rings. The van der Waals surface area contributed by atoms with E-state index >= 15 is 0 Å². The van der Waals surface area contributed by atoms with Crippen LogP contribution in [0.3, 0.4) is 0 Å². The van der Waals surface area contributed by atoms with Crippen molar-refractivity contribution in [3.05, 3.63) is 35.9 Å². The predicted octanol–water partition coefficient (Wildman–Crippen LogP) is 2.00. The Bertz CT molecular complexity index is 659. The van der Waals surface area contributed by atoms with Gasteiger partial charge in [0.25, 0.3) is 5.91 Å². The number of hydrogen-bond donors (Lipinski definition) is 0. The number of nitrogens with zero attached hydrogens (tertiary/aromatic N) is 2. The highest BCUT2D eigenvalue weighted by molar-refractivity contribution is 5.86. The van der Waals surface area contributed by atoms with Crippen molar-refractivity contribution in [1.82, 2.24) is 9.80 Å². The Morgan fingerprint density at radius 2 is 1.92 bits per heavy atom. The first-order valence-electron chi connectivity index (χ1n) is 9.20. The molecule has 0 aliphatic carbocycles. The highest BCUT2D eigenvalue weighted by Gasteiger charge is 2.45. The van der Waals surface area contributed by atoms with Crippen molar-refractivity contribution >= 4 is 11.8 Å². The van der Waals surface area contributed by atoms with E-state index in [1.54, 1.807) is 9.80 Å². The van der Waals surface area contributed by atoms with Gasteiger partial charge in [-0.15, -0.1) is 0 Å². The molecule has 0 unspecified atom stereocenters. The Labute approximate surface area is 155 Å². The van der Waals surface area contributed by atoms with Crippen molar-refractivity contribution in [2.75, 3.05) is 26.3 Å². The largest absolute Gasteiger partial charge is 0.372 e. The van der Waals surface area contributed by atoms with Crippen LogP contribution in [0, 0.1) is 0 Å². The zero-order valence-corrected chi connectivity index (χ0v) is 16.0. The van der Waals surface area contributed by atoms with Gasteiger partial charge in [-0.05, 0) is 33.3 Å². The second-order valence-corrected chi connectivity index (χ2v) is 7.85. The van der Waals surface area contributed by atoms with E-state index in [4.69, 9.17) is 9.47 Å². The van der Waals surface area contributed by atoms with E-state index in [1.807, 2.05) is 58.0 Å². The van der Waals surface area contributed by atoms with E-state index < -0.39 is 12.1 Å². The number of morpholine rings is 2. The SMILES string of the molecule is CC(C)N1C(=O)CO[C@H](C(=O)N2CCOC(C)(C)C2)[C@H]1c1ccccc1. The van der Waals surface area contributed by atoms with Crippen molar-refractivity contribution in [2.24, 2.45) is 0 Å². The van der Waals surface area contributed by atoms with Crippen LogP contribution in [-0.4, -0.2) is 65.7 Å². The fourth-order valence-corrected chi connectivity index (χ4v) is 3.81. The number of benzene rings is 1. The van der Waals surface area contributed by atoms with Gasteiger partial charge in [0.2, 0.25) is 5.91 Å². The smallest absolute Gasteiger partial charge is 0.254 e. The Balaban J connectivity index is 1.93. The highest BCUT2D eigenvalue weighted by atomic mass is 16.5. The molecule has 2 atom stereocenters. The van der Waals surface area contributed by atoms with Crippen LogP contribution in [0.25, 0.3) is 0 Å². The quantitative estimate of drug-likeness (QED) is 0.827. The molecular weight excluding hydrogens is 332 g/mol. The number of carbonyl (C=O) groups is 2. The molecule has 3 rings (SSSR count). The van der Waals surface area contributed by atoms with Crippen molar-refractivity contribution in [1.29, 1.82) is 0 Å². The first kappa shape index (κ1) is 18.9. The summed E-state index contributed by atoms with van der Waals surface area (Å²) in [5.74, 6) is -0.159. The average Bonchev–Trinajstić information content (AvgIpc) is 2.60. The zero-order valence-electron chi connectivity index (χ0n) is 16.0. The summed E-state index contributed by atoms with van der Waals surface area (Å²) in [5.41, 5.74) is 0.540. The molecule has 2 saturated heterocycles. The van der Waals surface area contributed by atoms with Gasteiger partial charge in [0.15, 0.2) is 6.10 Å². The molecule has 26 heavy (non-hydrogen) atoms. The van der Waals surface area contributed by atoms with Gasteiger partial charge in [0.05, 0.1) is 18.2 Å². The molecule has 142 valence electrons. The molecule has 0 saturated carbocycles. The summed E-state index contributed by atoms with van der Waals surface area (Å²) in [4.78, 5) is 29.4. The fourth-order valence-electron chi connectivity index (χ4n) is 3.81. The van der Waals surface area contributed by atoms with Gasteiger partial charge in [-0.1, -0.05) is 30.3 Å². The maximum Gasteiger partial charge on any atom is 0.254 e. The lowest BCUT2D eigenvalue weighted by Gasteiger charge is -2.45. The molecule has 0 aromatic heterocycles. The molecule has 2 aliphatic rings. The van der Waals surface area contributed by atoms with Crippen LogP contribution in [0.1, 0.15) is 39.3 Å². The fraction of sp³-hybridized carbons (Fsp3) is 0.600. The van der Waals surface area contributed by atoms with Crippen molar-refractivity contribution < 1.29 is 19.1 Å². The molecular formula is C20H28N2O4. The lowest BCUT2D eigenvalue weighted by molar-refractivity contribution is -0.178. The summed E-state index contributed by atoms with van der Waals surface area (Å²) in [7, 11) is 0. The molecule has 0 radical (unpaired) electrons. The number of hydrogen-bond acceptors (Lipinski definition) is 4. The summed E-state index contributed by atoms with van der Waals surface area (Å²) < 4.78 is 11.5. The van der Waals surface area contributed by atoms with E-state index in [0.717, 1.165) is 5.56 Å². The van der Waals surface area contributed by atoms with Crippen molar-refractivity contribution in [3.8, 4) is 0 Å². The summed E-state index contributed by atoms with van der Waals surface area (Å²) in [6.07, 6.45) is -0.702. The predicted molar refractivity (Wildman–Crippen MR) is 97.5 cm³/mol. The van der Waals surface area contributed by atoms with Crippen LogP contribution in [0.15, 0.2) is 30.3 Å². The van der Waals surface area contributed by atoms with Gasteiger partial charge in [0, 0.05) is 19.1 Å². The Morgan fingerprint density at radius 1 is 1.23 bits per heavy atom. The van der Waals surface area contributed by atoms with Gasteiger partial charge >= 0.3 is 0 Å². The monoisotopic (exact) mass is 360 g/mol. The number of ether oxygens (including phenoxy) is 2. The Hall–Kier alpha value is -1.92. The topological polar surface area (TPSA) is 59.1 Å². The summed E-state index contributed by atoms with van der Waals surface area (Å²) >= 11 is 0. The average molecular weight is 360 g/mol. The van der Waals surface area contributed by atoms with Gasteiger partial charge < -0.3 is 19.3 Å². The summed E-state index contributed by atoms with van der Waals surface area (Å²) in [5, 5.41) is 0. The van der Waals surface area contributed by atoms with Gasteiger partial charge in [0.1, 0.15) is 6.61 Å². The highest BCUT2D eigenvalue weighted by Crippen LogP contribution is 2.33. The first-order valence-corrected chi connectivity index (χ1v) is 9.20. The minimum atomic E-state index is -0.702. The zero-order chi connectivity index (χ0) is 18.9. The van der Waals surface area contributed by atoms with Crippen molar-refractivity contribution in [3.63, 3.8) is 0 Å².